The highest BCUT2D eigenvalue weighted by Crippen LogP contribution is 2.35. The molecule has 40 heavy (non-hydrogen) atoms. The average molecular weight is 552 g/mol. The van der Waals surface area contributed by atoms with Crippen LogP contribution in [0, 0.1) is 5.92 Å². The fourth-order valence-corrected chi connectivity index (χ4v) is 4.68. The number of fused-ring (bicyclic) bond motifs is 2. The van der Waals surface area contributed by atoms with Crippen molar-refractivity contribution in [3.63, 3.8) is 0 Å². The molecule has 1 saturated heterocycles. The summed E-state index contributed by atoms with van der Waals surface area (Å²) in [4.78, 5) is 26.4. The molecule has 2 aromatic carbocycles. The molecule has 0 bridgehead atoms. The Hall–Kier alpha value is -3.66. The molecule has 0 aliphatic carbocycles. The lowest BCUT2D eigenvalue weighted by atomic mass is 9.99. The minimum Gasteiger partial charge on any atom is -0.497 e. The summed E-state index contributed by atoms with van der Waals surface area (Å²) in [6.45, 7) is 5.95. The third-order valence-electron chi connectivity index (χ3n) is 6.58. The number of hydrogen-bond donors (Lipinski definition) is 1. The van der Waals surface area contributed by atoms with Gasteiger partial charge < -0.3 is 33.7 Å². The highest BCUT2D eigenvalue weighted by molar-refractivity contribution is 6.01. The SMILES string of the molecule is COCOc1cc(OC)cc2c1C(=O)NC[C@H](C)/C=C\C(OC(=O)c1ccccc1)C1OC(C)(C)OC1CC=C2. The molecule has 1 N–H and O–H groups in total. The molecule has 0 spiro atoms. The van der Waals surface area contributed by atoms with Crippen molar-refractivity contribution >= 4 is 18.0 Å². The molecule has 4 atom stereocenters. The first-order valence-corrected chi connectivity index (χ1v) is 13.3. The van der Waals surface area contributed by atoms with E-state index in [-0.39, 0.29) is 18.6 Å². The minimum atomic E-state index is -0.881. The maximum atomic E-state index is 13.4. The van der Waals surface area contributed by atoms with Crippen molar-refractivity contribution in [1.29, 1.82) is 0 Å². The van der Waals surface area contributed by atoms with Crippen LogP contribution in [-0.2, 0) is 18.9 Å². The molecular weight excluding hydrogens is 514 g/mol. The van der Waals surface area contributed by atoms with Crippen LogP contribution < -0.4 is 14.8 Å². The summed E-state index contributed by atoms with van der Waals surface area (Å²) in [5.41, 5.74) is 1.43. The van der Waals surface area contributed by atoms with Crippen LogP contribution >= 0.6 is 0 Å². The summed E-state index contributed by atoms with van der Waals surface area (Å²) in [5, 5.41) is 2.99. The number of carbonyl (C=O) groups is 2. The number of nitrogens with one attached hydrogen (secondary N) is 1. The van der Waals surface area contributed by atoms with Crippen LogP contribution in [0.25, 0.3) is 6.08 Å². The van der Waals surface area contributed by atoms with E-state index in [1.807, 2.05) is 51.1 Å². The second-order valence-corrected chi connectivity index (χ2v) is 10.2. The van der Waals surface area contributed by atoms with Crippen LogP contribution in [0.3, 0.4) is 0 Å². The third kappa shape index (κ3) is 7.29. The number of methoxy groups -OCH3 is 2. The average Bonchev–Trinajstić information content (AvgIpc) is 3.26. The van der Waals surface area contributed by atoms with Gasteiger partial charge in [0.1, 0.15) is 23.7 Å². The van der Waals surface area contributed by atoms with E-state index in [4.69, 9.17) is 28.4 Å². The summed E-state index contributed by atoms with van der Waals surface area (Å²) < 4.78 is 34.8. The van der Waals surface area contributed by atoms with E-state index in [2.05, 4.69) is 5.32 Å². The zero-order chi connectivity index (χ0) is 28.7. The van der Waals surface area contributed by atoms with Gasteiger partial charge in [0, 0.05) is 19.7 Å². The van der Waals surface area contributed by atoms with Crippen molar-refractivity contribution < 1.29 is 38.0 Å². The Morgan fingerprint density at radius 3 is 2.60 bits per heavy atom. The smallest absolute Gasteiger partial charge is 0.338 e. The molecule has 9 nitrogen and oxygen atoms in total. The number of esters is 1. The van der Waals surface area contributed by atoms with Gasteiger partial charge in [-0.1, -0.05) is 43.4 Å². The van der Waals surface area contributed by atoms with Crippen molar-refractivity contribution in [2.75, 3.05) is 27.6 Å². The summed E-state index contributed by atoms with van der Waals surface area (Å²) in [5.74, 6) is -0.831. The van der Waals surface area contributed by atoms with Crippen LogP contribution in [0.1, 0.15) is 53.5 Å². The second-order valence-electron chi connectivity index (χ2n) is 10.2. The number of rotatable bonds is 6. The van der Waals surface area contributed by atoms with Crippen LogP contribution in [0.4, 0.5) is 0 Å². The minimum absolute atomic E-state index is 0.0250. The van der Waals surface area contributed by atoms with E-state index in [0.29, 0.717) is 41.2 Å². The first-order chi connectivity index (χ1) is 19.2. The zero-order valence-corrected chi connectivity index (χ0v) is 23.5. The molecule has 9 heteroatoms. The van der Waals surface area contributed by atoms with Crippen LogP contribution in [0.5, 0.6) is 11.5 Å². The molecule has 1 fully saturated rings. The Kier molecular flexibility index (Phi) is 9.63. The first kappa shape index (κ1) is 29.3. The highest BCUT2D eigenvalue weighted by Gasteiger charge is 2.45. The Labute approximate surface area is 235 Å². The van der Waals surface area contributed by atoms with Crippen LogP contribution in [0.15, 0.2) is 60.7 Å². The molecule has 2 aromatic rings. The number of amides is 1. The number of ether oxygens (including phenoxy) is 6. The van der Waals surface area contributed by atoms with E-state index < -0.39 is 30.1 Å². The van der Waals surface area contributed by atoms with Gasteiger partial charge in [-0.3, -0.25) is 4.79 Å². The lowest BCUT2D eigenvalue weighted by Gasteiger charge is -2.25. The van der Waals surface area contributed by atoms with Gasteiger partial charge in [0.05, 0.1) is 24.3 Å². The summed E-state index contributed by atoms with van der Waals surface area (Å²) >= 11 is 0. The van der Waals surface area contributed by atoms with E-state index in [9.17, 15) is 9.59 Å². The van der Waals surface area contributed by atoms with Crippen molar-refractivity contribution in [2.45, 2.75) is 51.3 Å². The Balaban J connectivity index is 1.70. The van der Waals surface area contributed by atoms with Crippen molar-refractivity contribution in [3.05, 3.63) is 77.4 Å². The predicted octanol–water partition coefficient (Wildman–Crippen LogP) is 4.76. The standard InChI is InChI=1S/C31H37NO8/c1-20-14-15-24(38-30(34)21-10-7-6-8-11-21)28-25(39-31(2,3)40-28)13-9-12-22-16-23(36-5)17-26(37-19-35-4)27(22)29(33)32-18-20/h6-12,14-17,20,24-25,28H,13,18-19H2,1-5H3,(H,32,33)/b12-9?,15-14-/t20-,24?,25?,28?/m1/s1. The molecule has 2 aliphatic heterocycles. The summed E-state index contributed by atoms with van der Waals surface area (Å²) in [7, 11) is 3.06. The molecule has 1 amide bonds. The second kappa shape index (κ2) is 13.1. The first-order valence-electron chi connectivity index (χ1n) is 13.3. The Morgan fingerprint density at radius 1 is 1.10 bits per heavy atom. The topological polar surface area (TPSA) is 102 Å². The molecule has 0 saturated carbocycles. The van der Waals surface area contributed by atoms with E-state index in [1.165, 1.54) is 7.11 Å². The van der Waals surface area contributed by atoms with Crippen molar-refractivity contribution in [1.82, 2.24) is 5.32 Å². The van der Waals surface area contributed by atoms with Gasteiger partial charge in [0.2, 0.25) is 0 Å². The van der Waals surface area contributed by atoms with Gasteiger partial charge in [-0.05, 0) is 56.0 Å². The molecule has 3 unspecified atom stereocenters. The molecule has 2 aliphatic rings. The lowest BCUT2D eigenvalue weighted by Crippen LogP contribution is -2.38. The van der Waals surface area contributed by atoms with E-state index in [0.717, 1.165) is 0 Å². The van der Waals surface area contributed by atoms with Gasteiger partial charge in [0.25, 0.3) is 5.91 Å². The highest BCUT2D eigenvalue weighted by atomic mass is 16.8. The van der Waals surface area contributed by atoms with Gasteiger partial charge in [-0.2, -0.15) is 0 Å². The van der Waals surface area contributed by atoms with Gasteiger partial charge in [-0.25, -0.2) is 4.79 Å². The molecule has 0 aromatic heterocycles. The maximum absolute atomic E-state index is 13.4. The number of benzene rings is 2. The fraction of sp³-hybridized carbons (Fsp3) is 0.419. The quantitative estimate of drug-likeness (QED) is 0.312. The molecule has 4 rings (SSSR count). The summed E-state index contributed by atoms with van der Waals surface area (Å²) in [6.07, 6.45) is 6.21. The van der Waals surface area contributed by atoms with Gasteiger partial charge >= 0.3 is 5.97 Å². The lowest BCUT2D eigenvalue weighted by molar-refractivity contribution is -0.152. The van der Waals surface area contributed by atoms with Crippen molar-refractivity contribution in [3.8, 4) is 11.5 Å². The number of carbonyl (C=O) groups excluding carboxylic acids is 2. The largest absolute Gasteiger partial charge is 0.497 e. The molecule has 0 radical (unpaired) electrons. The van der Waals surface area contributed by atoms with Crippen LogP contribution in [0.2, 0.25) is 0 Å². The molecule has 214 valence electrons. The molecular formula is C31H37NO8. The third-order valence-corrected chi connectivity index (χ3v) is 6.58. The van der Waals surface area contributed by atoms with Gasteiger partial charge in [0.15, 0.2) is 12.6 Å². The zero-order valence-electron chi connectivity index (χ0n) is 23.5. The predicted molar refractivity (Wildman–Crippen MR) is 149 cm³/mol. The Bertz CT molecular complexity index is 1240. The van der Waals surface area contributed by atoms with Gasteiger partial charge in [-0.15, -0.1) is 0 Å². The molecule has 2 heterocycles. The van der Waals surface area contributed by atoms with Crippen LogP contribution in [-0.4, -0.2) is 63.5 Å². The maximum Gasteiger partial charge on any atom is 0.338 e. The van der Waals surface area contributed by atoms with E-state index in [1.54, 1.807) is 43.5 Å². The fourth-order valence-electron chi connectivity index (χ4n) is 4.68. The Morgan fingerprint density at radius 2 is 1.88 bits per heavy atom. The van der Waals surface area contributed by atoms with E-state index >= 15 is 0 Å². The van der Waals surface area contributed by atoms with Crippen molar-refractivity contribution in [2.24, 2.45) is 5.92 Å². The monoisotopic (exact) mass is 551 g/mol. The normalized spacial score (nSPS) is 25.1. The summed E-state index contributed by atoms with van der Waals surface area (Å²) in [6, 6.07) is 12.3. The number of hydrogen-bond acceptors (Lipinski definition) is 8.